The van der Waals surface area contributed by atoms with Crippen molar-refractivity contribution in [2.24, 2.45) is 5.92 Å². The summed E-state index contributed by atoms with van der Waals surface area (Å²) in [5.74, 6) is 2.26. The Morgan fingerprint density at radius 2 is 1.98 bits per heavy atom. The zero-order valence-electron chi connectivity index (χ0n) is 23.6. The Kier molecular flexibility index (Phi) is 6.03. The molecule has 3 aromatic carbocycles. The molecule has 8 rings (SSSR count). The first-order valence-electron chi connectivity index (χ1n) is 15.0. The predicted molar refractivity (Wildman–Crippen MR) is 159 cm³/mol. The molecule has 4 fully saturated rings. The molecule has 1 aromatic heterocycles. The highest BCUT2D eigenvalue weighted by Crippen LogP contribution is 2.45. The van der Waals surface area contributed by atoms with Gasteiger partial charge in [0.25, 0.3) is 0 Å². The Balaban J connectivity index is 1.28. The maximum Gasteiger partial charge on any atom is 0.319 e. The Labute approximate surface area is 247 Å². The van der Waals surface area contributed by atoms with Crippen LogP contribution in [0.1, 0.15) is 44.1 Å². The summed E-state index contributed by atoms with van der Waals surface area (Å²) in [6, 6.07) is 9.40. The molecule has 2 bridgehead atoms. The summed E-state index contributed by atoms with van der Waals surface area (Å²) >= 11 is 0. The van der Waals surface area contributed by atoms with Gasteiger partial charge in [0.1, 0.15) is 35.7 Å². The minimum Gasteiger partial charge on any atom is -0.508 e. The van der Waals surface area contributed by atoms with E-state index < -0.39 is 23.3 Å². The third-order valence-electron chi connectivity index (χ3n) is 10.2. The van der Waals surface area contributed by atoms with Gasteiger partial charge in [0, 0.05) is 41.9 Å². The number of fused-ring (bicyclic) bond motifs is 5. The van der Waals surface area contributed by atoms with Crippen molar-refractivity contribution in [2.75, 3.05) is 31.1 Å². The van der Waals surface area contributed by atoms with E-state index in [-0.39, 0.29) is 40.6 Å². The normalized spacial score (nSPS) is 26.5. The molecule has 1 saturated carbocycles. The summed E-state index contributed by atoms with van der Waals surface area (Å²) in [4.78, 5) is 13.8. The second-order valence-corrected chi connectivity index (χ2v) is 12.7. The smallest absolute Gasteiger partial charge is 0.319 e. The van der Waals surface area contributed by atoms with Crippen LogP contribution in [-0.4, -0.2) is 64.0 Å². The monoisotopic (exact) mass is 584 g/mol. The van der Waals surface area contributed by atoms with Crippen LogP contribution in [-0.2, 0) is 0 Å². The van der Waals surface area contributed by atoms with Gasteiger partial charge < -0.3 is 14.7 Å². The van der Waals surface area contributed by atoms with Gasteiger partial charge in [-0.3, -0.25) is 4.90 Å². The van der Waals surface area contributed by atoms with E-state index in [1.54, 1.807) is 12.1 Å². The fraction of sp³-hybridized carbons (Fsp3) is 0.412. The molecule has 0 spiro atoms. The number of rotatable bonds is 5. The van der Waals surface area contributed by atoms with E-state index in [4.69, 9.17) is 16.1 Å². The fourth-order valence-corrected chi connectivity index (χ4v) is 8.23. The van der Waals surface area contributed by atoms with Crippen molar-refractivity contribution in [1.82, 2.24) is 14.9 Å². The van der Waals surface area contributed by atoms with Crippen LogP contribution in [0.4, 0.5) is 19.0 Å². The van der Waals surface area contributed by atoms with Crippen LogP contribution >= 0.6 is 0 Å². The second-order valence-electron chi connectivity index (χ2n) is 12.7. The topological polar surface area (TPSA) is 61.7 Å². The molecular formula is C34H31F3N4O2. The van der Waals surface area contributed by atoms with E-state index in [0.29, 0.717) is 46.9 Å². The Bertz CT molecular complexity index is 1840. The van der Waals surface area contributed by atoms with E-state index in [0.717, 1.165) is 38.8 Å². The molecular weight excluding hydrogens is 553 g/mol. The van der Waals surface area contributed by atoms with E-state index in [9.17, 15) is 13.9 Å². The van der Waals surface area contributed by atoms with Crippen molar-refractivity contribution in [3.8, 4) is 35.2 Å². The number of aromatic nitrogens is 2. The van der Waals surface area contributed by atoms with Crippen molar-refractivity contribution in [3.05, 3.63) is 53.6 Å². The van der Waals surface area contributed by atoms with Crippen LogP contribution in [0.3, 0.4) is 0 Å². The van der Waals surface area contributed by atoms with Crippen LogP contribution in [0.25, 0.3) is 32.8 Å². The molecule has 1 aliphatic carbocycles. The number of piperidine rings is 1. The second kappa shape index (κ2) is 9.75. The van der Waals surface area contributed by atoms with Gasteiger partial charge in [-0.25, -0.2) is 13.2 Å². The van der Waals surface area contributed by atoms with E-state index in [2.05, 4.69) is 20.7 Å². The molecule has 4 atom stereocenters. The molecule has 0 radical (unpaired) electrons. The van der Waals surface area contributed by atoms with Gasteiger partial charge in [-0.05, 0) is 79.8 Å². The summed E-state index contributed by atoms with van der Waals surface area (Å²) in [5, 5.41) is 11.9. The van der Waals surface area contributed by atoms with Crippen molar-refractivity contribution < 1.29 is 23.0 Å². The maximum absolute atomic E-state index is 16.7. The molecule has 220 valence electrons. The lowest BCUT2D eigenvalue weighted by Gasteiger charge is -2.31. The van der Waals surface area contributed by atoms with Crippen LogP contribution in [0.15, 0.2) is 36.4 Å². The largest absolute Gasteiger partial charge is 0.508 e. The average Bonchev–Trinajstić information content (AvgIpc) is 3.77. The summed E-state index contributed by atoms with van der Waals surface area (Å²) in [6.45, 7) is 2.30. The number of halogens is 3. The van der Waals surface area contributed by atoms with Crippen LogP contribution < -0.4 is 9.64 Å². The maximum atomic E-state index is 16.7. The van der Waals surface area contributed by atoms with Gasteiger partial charge in [-0.1, -0.05) is 18.1 Å². The first kappa shape index (κ1) is 26.6. The van der Waals surface area contributed by atoms with Crippen molar-refractivity contribution in [3.63, 3.8) is 0 Å². The van der Waals surface area contributed by atoms with Crippen molar-refractivity contribution in [1.29, 1.82) is 0 Å². The lowest BCUT2D eigenvalue weighted by Crippen LogP contribution is -2.43. The van der Waals surface area contributed by atoms with E-state index in [1.165, 1.54) is 30.7 Å². The number of anilines is 1. The number of nitrogens with zero attached hydrogens (tertiary/aromatic N) is 4. The molecule has 43 heavy (non-hydrogen) atoms. The van der Waals surface area contributed by atoms with Crippen molar-refractivity contribution >= 4 is 27.5 Å². The molecule has 4 heterocycles. The summed E-state index contributed by atoms with van der Waals surface area (Å²) in [5.41, 5.74) is 0.0682. The average molecular weight is 585 g/mol. The first-order valence-corrected chi connectivity index (χ1v) is 15.0. The van der Waals surface area contributed by atoms with Gasteiger partial charge in [0.2, 0.25) is 0 Å². The van der Waals surface area contributed by atoms with Gasteiger partial charge in [0.15, 0.2) is 5.82 Å². The number of phenolic OH excluding ortho intramolecular Hbond substituents is 1. The number of aromatic hydroxyl groups is 1. The van der Waals surface area contributed by atoms with Crippen molar-refractivity contribution in [2.45, 2.75) is 56.3 Å². The van der Waals surface area contributed by atoms with Gasteiger partial charge >= 0.3 is 6.01 Å². The molecule has 1 N–H and O–H groups in total. The predicted octanol–water partition coefficient (Wildman–Crippen LogP) is 6.36. The minimum atomic E-state index is -0.896. The number of phenols is 1. The quantitative estimate of drug-likeness (QED) is 0.276. The highest BCUT2D eigenvalue weighted by atomic mass is 19.1. The summed E-state index contributed by atoms with van der Waals surface area (Å²) in [6.07, 6.45) is 10.3. The number of hydrogen-bond donors (Lipinski definition) is 1. The van der Waals surface area contributed by atoms with Crippen LogP contribution in [0, 0.1) is 29.9 Å². The van der Waals surface area contributed by atoms with Gasteiger partial charge in [-0.2, -0.15) is 9.97 Å². The fourth-order valence-electron chi connectivity index (χ4n) is 8.23. The molecule has 3 saturated heterocycles. The Morgan fingerprint density at radius 1 is 1.09 bits per heavy atom. The molecule has 3 aliphatic heterocycles. The van der Waals surface area contributed by atoms with Crippen LogP contribution in [0.2, 0.25) is 0 Å². The minimum absolute atomic E-state index is 0.00408. The standard InChI is InChI=1S/C34H31F3N4O2/c1-2-24-28(36)9-5-20-13-23(42)14-27(29(20)24)25-7-8-26-31(30(25)37)38-33(39-32(26)41-16-19-4-6-22(41)12-19)43-18-34-10-3-11-40(34)17-21(35)15-34/h1,5,7-9,13-14,19,21-22,42H,3-4,6,10-12,15-18H2. The molecule has 4 unspecified atom stereocenters. The van der Waals surface area contributed by atoms with Crippen LogP contribution in [0.5, 0.6) is 11.8 Å². The number of hydrogen-bond acceptors (Lipinski definition) is 6. The SMILES string of the molecule is C#Cc1c(F)ccc2cc(O)cc(-c3ccc4c(N5CC6CCC5C6)nc(OCC56CCCN5CC(F)C6)nc4c3F)c12. The summed E-state index contributed by atoms with van der Waals surface area (Å²) in [7, 11) is 0. The van der Waals surface area contributed by atoms with Gasteiger partial charge in [0.05, 0.1) is 11.1 Å². The number of ether oxygens (including phenoxy) is 1. The lowest BCUT2D eigenvalue weighted by molar-refractivity contribution is 0.107. The molecule has 0 amide bonds. The zero-order valence-corrected chi connectivity index (χ0v) is 23.6. The zero-order chi connectivity index (χ0) is 29.5. The number of alkyl halides is 1. The highest BCUT2D eigenvalue weighted by molar-refractivity contribution is 6.04. The Morgan fingerprint density at radius 3 is 2.77 bits per heavy atom. The molecule has 9 heteroatoms. The highest BCUT2D eigenvalue weighted by Gasteiger charge is 2.49. The van der Waals surface area contributed by atoms with Gasteiger partial charge in [-0.15, -0.1) is 6.42 Å². The lowest BCUT2D eigenvalue weighted by atomic mass is 9.93. The third-order valence-corrected chi connectivity index (χ3v) is 10.2. The first-order chi connectivity index (χ1) is 20.8. The Hall–Kier alpha value is -4.03. The molecule has 6 nitrogen and oxygen atoms in total. The number of benzene rings is 3. The summed E-state index contributed by atoms with van der Waals surface area (Å²) < 4.78 is 52.2. The number of terminal acetylenes is 1. The molecule has 4 aromatic rings. The van der Waals surface area contributed by atoms with E-state index in [1.807, 2.05) is 0 Å². The molecule has 4 aliphatic rings. The van der Waals surface area contributed by atoms with E-state index >= 15 is 4.39 Å². The third kappa shape index (κ3) is 4.14.